The molecule has 9 heteroatoms. The number of sulfonamides is 1. The lowest BCUT2D eigenvalue weighted by atomic mass is 9.84. The Balaban J connectivity index is 2.06. The molecule has 154 valence electrons. The maximum atomic E-state index is 12.6. The number of likely N-dealkylation sites (tertiary alicyclic amines) is 1. The number of benzene rings is 1. The van der Waals surface area contributed by atoms with Crippen LogP contribution in [0.25, 0.3) is 0 Å². The van der Waals surface area contributed by atoms with Crippen LogP contribution in [0.1, 0.15) is 45.6 Å². The molecule has 1 saturated heterocycles. The first-order chi connectivity index (χ1) is 13.0. The summed E-state index contributed by atoms with van der Waals surface area (Å²) in [5, 5.41) is 0. The number of nitrogens with one attached hydrogen (secondary N) is 2. The molecule has 2 amide bonds. The molecular formula is C19H27N3O5S. The molecule has 1 aliphatic heterocycles. The fraction of sp³-hybridized carbons (Fsp3) is 0.526. The first-order valence-electron chi connectivity index (χ1n) is 9.23. The summed E-state index contributed by atoms with van der Waals surface area (Å²) in [6.45, 7) is 7.31. The van der Waals surface area contributed by atoms with Crippen LogP contribution in [-0.2, 0) is 24.4 Å². The molecule has 0 aliphatic carbocycles. The van der Waals surface area contributed by atoms with Crippen LogP contribution in [-0.4, -0.2) is 43.5 Å². The molecule has 1 unspecified atom stereocenters. The number of hydrazine groups is 1. The number of hydrogen-bond donors (Lipinski definition) is 2. The second-order valence-corrected chi connectivity index (χ2v) is 9.31. The zero-order chi connectivity index (χ0) is 21.1. The zero-order valence-electron chi connectivity index (χ0n) is 16.6. The number of rotatable bonds is 7. The number of nitrogens with zero attached hydrogens (tertiary/aromatic N) is 1. The van der Waals surface area contributed by atoms with Crippen LogP contribution in [0.5, 0.6) is 0 Å². The van der Waals surface area contributed by atoms with Gasteiger partial charge in [0.05, 0.1) is 4.90 Å². The van der Waals surface area contributed by atoms with Crippen molar-refractivity contribution in [3.05, 3.63) is 29.8 Å². The number of amides is 2. The monoisotopic (exact) mass is 409 g/mol. The summed E-state index contributed by atoms with van der Waals surface area (Å²) in [6, 6.07) is 5.27. The van der Waals surface area contributed by atoms with Crippen LogP contribution in [0, 0.1) is 12.3 Å². The highest BCUT2D eigenvalue weighted by molar-refractivity contribution is 7.89. The molecule has 0 saturated carbocycles. The van der Waals surface area contributed by atoms with E-state index in [2.05, 4.69) is 10.3 Å². The number of hydrogen-bond acceptors (Lipinski definition) is 5. The number of carbonyl (C=O) groups is 3. The molecule has 28 heavy (non-hydrogen) atoms. The van der Waals surface area contributed by atoms with E-state index in [-0.39, 0.29) is 11.4 Å². The average Bonchev–Trinajstić information content (AvgIpc) is 3.15. The minimum Gasteiger partial charge on any atom is -0.324 e. The Labute approximate surface area is 165 Å². The van der Waals surface area contributed by atoms with E-state index in [1.54, 1.807) is 26.0 Å². The fourth-order valence-electron chi connectivity index (χ4n) is 2.84. The van der Waals surface area contributed by atoms with Crippen molar-refractivity contribution in [2.24, 2.45) is 5.41 Å². The van der Waals surface area contributed by atoms with Crippen molar-refractivity contribution in [2.45, 2.75) is 57.9 Å². The lowest BCUT2D eigenvalue weighted by molar-refractivity contribution is -0.151. The molecule has 0 radical (unpaired) electrons. The van der Waals surface area contributed by atoms with Gasteiger partial charge in [0, 0.05) is 12.0 Å². The second kappa shape index (κ2) is 8.40. The SMILES string of the molecule is CCC(C)(C)C(=O)C(=O)N1CCCC1C(=O)NNS(=O)(=O)c1ccc(C)cc1. The molecule has 0 bridgehead atoms. The van der Waals surface area contributed by atoms with Crippen molar-refractivity contribution >= 4 is 27.6 Å². The van der Waals surface area contributed by atoms with Crippen LogP contribution in [0.15, 0.2) is 29.2 Å². The first-order valence-corrected chi connectivity index (χ1v) is 10.7. The van der Waals surface area contributed by atoms with Crippen LogP contribution >= 0.6 is 0 Å². The van der Waals surface area contributed by atoms with Crippen LogP contribution in [0.4, 0.5) is 0 Å². The lowest BCUT2D eigenvalue weighted by Gasteiger charge is -2.27. The smallest absolute Gasteiger partial charge is 0.291 e. The molecule has 2 N–H and O–H groups in total. The minimum absolute atomic E-state index is 0.0117. The molecule has 1 fully saturated rings. The molecule has 1 aliphatic rings. The number of Topliss-reactive ketones (excluding diaryl/α,β-unsaturated/α-hetero) is 1. The average molecular weight is 410 g/mol. The van der Waals surface area contributed by atoms with E-state index in [0.29, 0.717) is 19.3 Å². The Morgan fingerprint density at radius 1 is 1.18 bits per heavy atom. The number of ketones is 1. The van der Waals surface area contributed by atoms with Crippen molar-refractivity contribution in [1.82, 2.24) is 15.2 Å². The Morgan fingerprint density at radius 2 is 1.79 bits per heavy atom. The molecule has 2 rings (SSSR count). The minimum atomic E-state index is -3.94. The third-order valence-corrected chi connectivity index (χ3v) is 6.41. The van der Waals surface area contributed by atoms with E-state index >= 15 is 0 Å². The Kier molecular flexibility index (Phi) is 6.61. The highest BCUT2D eigenvalue weighted by Gasteiger charge is 2.41. The van der Waals surface area contributed by atoms with Gasteiger partial charge in [-0.25, -0.2) is 8.42 Å². The molecule has 1 aromatic carbocycles. The highest BCUT2D eigenvalue weighted by atomic mass is 32.2. The summed E-state index contributed by atoms with van der Waals surface area (Å²) < 4.78 is 24.6. The van der Waals surface area contributed by atoms with E-state index in [4.69, 9.17) is 0 Å². The topological polar surface area (TPSA) is 113 Å². The van der Waals surface area contributed by atoms with Gasteiger partial charge in [-0.1, -0.05) is 38.5 Å². The molecular weight excluding hydrogens is 382 g/mol. The van der Waals surface area contributed by atoms with Crippen molar-refractivity contribution in [1.29, 1.82) is 0 Å². The number of aryl methyl sites for hydroxylation is 1. The summed E-state index contributed by atoms with van der Waals surface area (Å²) in [7, 11) is -3.94. The Hall–Kier alpha value is -2.26. The van der Waals surface area contributed by atoms with E-state index in [0.717, 1.165) is 5.56 Å². The molecule has 1 aromatic rings. The van der Waals surface area contributed by atoms with E-state index in [9.17, 15) is 22.8 Å². The van der Waals surface area contributed by atoms with Gasteiger partial charge >= 0.3 is 0 Å². The summed E-state index contributed by atoms with van der Waals surface area (Å²) >= 11 is 0. The maximum Gasteiger partial charge on any atom is 0.291 e. The first kappa shape index (κ1) is 22.0. The van der Waals surface area contributed by atoms with E-state index < -0.39 is 39.1 Å². The Morgan fingerprint density at radius 3 is 2.36 bits per heavy atom. The normalized spacial score (nSPS) is 17.4. The van der Waals surface area contributed by atoms with Gasteiger partial charge in [0.2, 0.25) is 5.78 Å². The van der Waals surface area contributed by atoms with Crippen molar-refractivity contribution in [2.75, 3.05) is 6.54 Å². The predicted molar refractivity (Wildman–Crippen MR) is 103 cm³/mol. The summed E-state index contributed by atoms with van der Waals surface area (Å²) in [5.41, 5.74) is 2.27. The van der Waals surface area contributed by atoms with Crippen LogP contribution < -0.4 is 10.3 Å². The zero-order valence-corrected chi connectivity index (χ0v) is 17.4. The molecule has 0 aromatic heterocycles. The van der Waals surface area contributed by atoms with Gasteiger partial charge in [0.1, 0.15) is 6.04 Å². The summed E-state index contributed by atoms with van der Waals surface area (Å²) in [5.74, 6) is -1.91. The van der Waals surface area contributed by atoms with Gasteiger partial charge < -0.3 is 4.90 Å². The number of carbonyl (C=O) groups excluding carboxylic acids is 3. The van der Waals surface area contributed by atoms with Crippen LogP contribution in [0.3, 0.4) is 0 Å². The van der Waals surface area contributed by atoms with E-state index in [1.807, 2.05) is 13.8 Å². The van der Waals surface area contributed by atoms with Gasteiger partial charge in [0.15, 0.2) is 0 Å². The van der Waals surface area contributed by atoms with E-state index in [1.165, 1.54) is 17.0 Å². The summed E-state index contributed by atoms with van der Waals surface area (Å²) in [6.07, 6.45) is 1.43. The molecule has 1 atom stereocenters. The van der Waals surface area contributed by atoms with Gasteiger partial charge in [-0.3, -0.25) is 19.8 Å². The Bertz CT molecular complexity index is 862. The maximum absolute atomic E-state index is 12.6. The summed E-state index contributed by atoms with van der Waals surface area (Å²) in [4.78, 5) is 40.8. The van der Waals surface area contributed by atoms with Crippen molar-refractivity contribution in [3.63, 3.8) is 0 Å². The molecule has 1 heterocycles. The lowest BCUT2D eigenvalue weighted by Crippen LogP contribution is -2.53. The van der Waals surface area contributed by atoms with Crippen LogP contribution in [0.2, 0.25) is 0 Å². The molecule has 0 spiro atoms. The largest absolute Gasteiger partial charge is 0.324 e. The van der Waals surface area contributed by atoms with Gasteiger partial charge in [-0.2, -0.15) is 0 Å². The predicted octanol–water partition coefficient (Wildman–Crippen LogP) is 1.30. The second-order valence-electron chi connectivity index (χ2n) is 7.63. The van der Waals surface area contributed by atoms with Gasteiger partial charge in [-0.05, 0) is 38.3 Å². The third-order valence-electron chi connectivity index (χ3n) is 5.15. The van der Waals surface area contributed by atoms with Crippen molar-refractivity contribution in [3.8, 4) is 0 Å². The van der Waals surface area contributed by atoms with Crippen molar-refractivity contribution < 1.29 is 22.8 Å². The molecule has 8 nitrogen and oxygen atoms in total. The quantitative estimate of drug-likeness (QED) is 0.521. The fourth-order valence-corrected chi connectivity index (χ4v) is 3.69. The highest BCUT2D eigenvalue weighted by Crippen LogP contribution is 2.25. The van der Waals surface area contributed by atoms with Gasteiger partial charge in [0.25, 0.3) is 21.8 Å². The standard InChI is InChI=1S/C19H27N3O5S/c1-5-19(3,4)16(23)18(25)22-12-6-7-15(22)17(24)20-21-28(26,27)14-10-8-13(2)9-11-14/h8-11,15,21H,5-7,12H2,1-4H3,(H,20,24). The van der Waals surface area contributed by atoms with Gasteiger partial charge in [-0.15, -0.1) is 4.83 Å². The third kappa shape index (κ3) is 4.77.